The van der Waals surface area contributed by atoms with Crippen LogP contribution >= 0.6 is 11.3 Å². The van der Waals surface area contributed by atoms with Gasteiger partial charge in [-0.05, 0) is 109 Å². The Morgan fingerprint density at radius 2 is 1.51 bits per heavy atom. The first kappa shape index (κ1) is 28.4. The van der Waals surface area contributed by atoms with Gasteiger partial charge >= 0.3 is 0 Å². The largest absolute Gasteiger partial charge is 0.494 e. The predicted molar refractivity (Wildman–Crippen MR) is 168 cm³/mol. The number of nitro groups is 1. The number of non-ortho nitro benzene ring substituents is 1. The van der Waals surface area contributed by atoms with E-state index in [2.05, 4.69) is 18.2 Å². The SMILES string of the molecule is CCOc1ccc(/C=C2\CCCC3=C2N=c2s/c(=C/c4ccc([N+](=O)[O-])cc4)c(=O)n2C3c2ccc(OCC)cc2)cc1. The first-order chi connectivity index (χ1) is 20.9. The Balaban J connectivity index is 1.49. The molecule has 0 bridgehead atoms. The Labute approximate surface area is 252 Å². The summed E-state index contributed by atoms with van der Waals surface area (Å²) in [6.45, 7) is 5.12. The average molecular weight is 594 g/mol. The fourth-order valence-electron chi connectivity index (χ4n) is 5.64. The van der Waals surface area contributed by atoms with Gasteiger partial charge in [0.15, 0.2) is 4.80 Å². The van der Waals surface area contributed by atoms with Crippen molar-refractivity contribution in [2.75, 3.05) is 13.2 Å². The van der Waals surface area contributed by atoms with Gasteiger partial charge in [0.05, 0.1) is 34.4 Å². The van der Waals surface area contributed by atoms with Crippen molar-refractivity contribution in [3.05, 3.63) is 136 Å². The van der Waals surface area contributed by atoms with Crippen LogP contribution in [0.1, 0.15) is 55.8 Å². The lowest BCUT2D eigenvalue weighted by Crippen LogP contribution is -2.39. The molecule has 0 spiro atoms. The van der Waals surface area contributed by atoms with Gasteiger partial charge in [0.1, 0.15) is 11.5 Å². The monoisotopic (exact) mass is 593 g/mol. The lowest BCUT2D eigenvalue weighted by Gasteiger charge is -2.31. The Morgan fingerprint density at radius 1 is 0.907 bits per heavy atom. The van der Waals surface area contributed by atoms with Crippen LogP contribution in [0, 0.1) is 10.1 Å². The van der Waals surface area contributed by atoms with E-state index in [1.165, 1.54) is 23.5 Å². The van der Waals surface area contributed by atoms with Crippen molar-refractivity contribution in [2.45, 2.75) is 39.2 Å². The lowest BCUT2D eigenvalue weighted by atomic mass is 9.84. The van der Waals surface area contributed by atoms with Crippen LogP contribution in [0.25, 0.3) is 12.2 Å². The molecule has 4 aromatic rings. The van der Waals surface area contributed by atoms with Gasteiger partial charge in [-0.3, -0.25) is 19.5 Å². The van der Waals surface area contributed by atoms with Crippen molar-refractivity contribution in [3.63, 3.8) is 0 Å². The number of hydrogen-bond donors (Lipinski definition) is 0. The highest BCUT2D eigenvalue weighted by Gasteiger charge is 2.32. The van der Waals surface area contributed by atoms with Gasteiger partial charge in [0, 0.05) is 12.1 Å². The summed E-state index contributed by atoms with van der Waals surface area (Å²) in [4.78, 5) is 30.4. The van der Waals surface area contributed by atoms with Gasteiger partial charge in [-0.25, -0.2) is 4.99 Å². The molecular weight excluding hydrogens is 562 g/mol. The van der Waals surface area contributed by atoms with Gasteiger partial charge < -0.3 is 9.47 Å². The van der Waals surface area contributed by atoms with Gasteiger partial charge in [0.2, 0.25) is 0 Å². The molecule has 0 fully saturated rings. The van der Waals surface area contributed by atoms with Gasteiger partial charge in [-0.2, -0.15) is 0 Å². The smallest absolute Gasteiger partial charge is 0.271 e. The number of benzene rings is 3. The van der Waals surface area contributed by atoms with Crippen LogP contribution in [-0.2, 0) is 0 Å². The summed E-state index contributed by atoms with van der Waals surface area (Å²) in [5.74, 6) is 1.62. The third-order valence-corrected chi connectivity index (χ3v) is 8.56. The van der Waals surface area contributed by atoms with Crippen molar-refractivity contribution in [3.8, 4) is 11.5 Å². The molecular formula is C34H31N3O5S. The first-order valence-electron chi connectivity index (χ1n) is 14.4. The number of thiazole rings is 1. The number of nitro benzene ring substituents is 1. The summed E-state index contributed by atoms with van der Waals surface area (Å²) in [5, 5.41) is 11.1. The lowest BCUT2D eigenvalue weighted by molar-refractivity contribution is -0.384. The summed E-state index contributed by atoms with van der Waals surface area (Å²) < 4.78 is 13.6. The topological polar surface area (TPSA) is 96.0 Å². The number of nitrogens with zero attached hydrogens (tertiary/aromatic N) is 3. The molecule has 0 radical (unpaired) electrons. The van der Waals surface area contributed by atoms with Gasteiger partial charge in [0.25, 0.3) is 11.2 Å². The van der Waals surface area contributed by atoms with Crippen LogP contribution in [0.3, 0.4) is 0 Å². The quantitative estimate of drug-likeness (QED) is 0.179. The molecule has 1 aromatic heterocycles. The number of fused-ring (bicyclic) bond motifs is 1. The van der Waals surface area contributed by atoms with Crippen LogP contribution in [0.5, 0.6) is 11.5 Å². The first-order valence-corrected chi connectivity index (χ1v) is 15.2. The maximum absolute atomic E-state index is 14.0. The number of rotatable bonds is 8. The van der Waals surface area contributed by atoms with Crippen molar-refractivity contribution in [1.82, 2.24) is 4.57 Å². The zero-order valence-corrected chi connectivity index (χ0v) is 24.8. The third kappa shape index (κ3) is 5.81. The number of hydrogen-bond acceptors (Lipinski definition) is 7. The fourth-order valence-corrected chi connectivity index (χ4v) is 6.64. The molecule has 0 amide bonds. The summed E-state index contributed by atoms with van der Waals surface area (Å²) in [5.41, 5.74) is 5.88. The molecule has 1 atom stereocenters. The minimum Gasteiger partial charge on any atom is -0.494 e. The van der Waals surface area contributed by atoms with Crippen molar-refractivity contribution in [1.29, 1.82) is 0 Å². The van der Waals surface area contributed by atoms with E-state index >= 15 is 0 Å². The molecule has 8 nitrogen and oxygen atoms in total. The van der Waals surface area contributed by atoms with E-state index in [0.717, 1.165) is 58.7 Å². The molecule has 218 valence electrons. The van der Waals surface area contributed by atoms with Crippen molar-refractivity contribution < 1.29 is 14.4 Å². The van der Waals surface area contributed by atoms with E-state index in [1.807, 2.05) is 50.2 Å². The zero-order valence-electron chi connectivity index (χ0n) is 24.0. The molecule has 1 unspecified atom stereocenters. The van der Waals surface area contributed by atoms with Crippen LogP contribution in [-0.4, -0.2) is 22.7 Å². The second-order valence-electron chi connectivity index (χ2n) is 10.3. The highest BCUT2D eigenvalue weighted by molar-refractivity contribution is 7.07. The second kappa shape index (κ2) is 12.2. The number of aromatic nitrogens is 1. The summed E-state index contributed by atoms with van der Waals surface area (Å²) in [6, 6.07) is 21.9. The Kier molecular flexibility index (Phi) is 8.07. The molecule has 0 N–H and O–H groups in total. The molecule has 0 saturated heterocycles. The molecule has 1 aliphatic heterocycles. The predicted octanol–water partition coefficient (Wildman–Crippen LogP) is 6.19. The molecule has 2 aliphatic rings. The Morgan fingerprint density at radius 3 is 2.14 bits per heavy atom. The van der Waals surface area contributed by atoms with Crippen LogP contribution in [0.15, 0.2) is 99.4 Å². The van der Waals surface area contributed by atoms with Crippen molar-refractivity contribution in [2.24, 2.45) is 4.99 Å². The molecule has 43 heavy (non-hydrogen) atoms. The standard InChI is InChI=1S/C34H31N3O5S/c1-3-41-27-16-10-22(11-17-27)20-25-6-5-7-29-31(25)35-34-36(32(29)24-12-18-28(19-13-24)42-4-2)33(38)30(43-34)21-23-8-14-26(15-9-23)37(39)40/h8-21,32H,3-7H2,1-2H3/b25-20+,30-21+. The molecule has 3 aromatic carbocycles. The summed E-state index contributed by atoms with van der Waals surface area (Å²) >= 11 is 1.34. The van der Waals surface area contributed by atoms with E-state index < -0.39 is 4.92 Å². The summed E-state index contributed by atoms with van der Waals surface area (Å²) in [6.07, 6.45) is 6.65. The number of ether oxygens (including phenoxy) is 2. The zero-order chi connectivity index (χ0) is 29.9. The van der Waals surface area contributed by atoms with Crippen LogP contribution < -0.4 is 24.4 Å². The molecule has 0 saturated carbocycles. The summed E-state index contributed by atoms with van der Waals surface area (Å²) in [7, 11) is 0. The van der Waals surface area contributed by atoms with E-state index in [4.69, 9.17) is 14.5 Å². The fraction of sp³-hybridized carbons (Fsp3) is 0.235. The minimum absolute atomic E-state index is 0.00799. The van der Waals surface area contributed by atoms with Gasteiger partial charge in [-0.15, -0.1) is 0 Å². The molecule has 2 heterocycles. The number of allylic oxidation sites excluding steroid dienone is 2. The van der Waals surface area contributed by atoms with Crippen LogP contribution in [0.4, 0.5) is 5.69 Å². The maximum atomic E-state index is 14.0. The molecule has 1 aliphatic carbocycles. The minimum atomic E-state index is -0.433. The van der Waals surface area contributed by atoms with Crippen LogP contribution in [0.2, 0.25) is 0 Å². The van der Waals surface area contributed by atoms with Crippen molar-refractivity contribution >= 4 is 29.2 Å². The van der Waals surface area contributed by atoms with E-state index in [1.54, 1.807) is 22.8 Å². The third-order valence-electron chi connectivity index (χ3n) is 7.57. The average Bonchev–Trinajstić information content (AvgIpc) is 3.32. The van der Waals surface area contributed by atoms with E-state index in [-0.39, 0.29) is 17.3 Å². The normalized spacial score (nSPS) is 17.3. The molecule has 9 heteroatoms. The highest BCUT2D eigenvalue weighted by Crippen LogP contribution is 2.41. The van der Waals surface area contributed by atoms with E-state index in [0.29, 0.717) is 28.1 Å². The Hall–Kier alpha value is -4.76. The Bertz CT molecular complexity index is 1900. The second-order valence-corrected chi connectivity index (χ2v) is 11.3. The molecule has 6 rings (SSSR count). The highest BCUT2D eigenvalue weighted by atomic mass is 32.1. The van der Waals surface area contributed by atoms with Gasteiger partial charge in [-0.1, -0.05) is 35.6 Å². The maximum Gasteiger partial charge on any atom is 0.271 e. The van der Waals surface area contributed by atoms with E-state index in [9.17, 15) is 14.9 Å².